The van der Waals surface area contributed by atoms with Gasteiger partial charge in [0.2, 0.25) is 5.91 Å². The quantitative estimate of drug-likeness (QED) is 0.662. The molecule has 0 spiro atoms. The number of carbonyl (C=O) groups excluding carboxylic acids is 1. The zero-order chi connectivity index (χ0) is 12.3. The molecule has 4 heteroatoms. The molecule has 1 N–H and O–H groups in total. The first-order valence-corrected chi connectivity index (χ1v) is 6.83. The number of hydrogen-bond donors (Lipinski definition) is 1. The fourth-order valence-corrected chi connectivity index (χ4v) is 2.17. The molecule has 1 unspecified atom stereocenters. The van der Waals surface area contributed by atoms with Crippen molar-refractivity contribution in [2.45, 2.75) is 26.2 Å². The molecule has 2 rings (SSSR count). The average Bonchev–Trinajstić information content (AvgIpc) is 2.35. The Bertz CT molecular complexity index is 457. The highest BCUT2D eigenvalue weighted by atomic mass is 127. The minimum absolute atomic E-state index is 0.0856. The second-order valence-corrected chi connectivity index (χ2v) is 5.40. The molecule has 1 aromatic rings. The van der Waals surface area contributed by atoms with Gasteiger partial charge in [0.1, 0.15) is 5.82 Å². The molecule has 0 aliphatic heterocycles. The first-order chi connectivity index (χ1) is 8.16. The van der Waals surface area contributed by atoms with Crippen LogP contribution >= 0.6 is 22.6 Å². The number of carbonyl (C=O) groups is 1. The number of nitrogens with one attached hydrogen (secondary N) is 1. The minimum atomic E-state index is 0.0856. The summed E-state index contributed by atoms with van der Waals surface area (Å²) in [5.41, 5.74) is 0.951. The van der Waals surface area contributed by atoms with Crippen molar-refractivity contribution < 1.29 is 4.79 Å². The molecule has 3 nitrogen and oxygen atoms in total. The van der Waals surface area contributed by atoms with E-state index < -0.39 is 0 Å². The van der Waals surface area contributed by atoms with E-state index in [1.54, 1.807) is 0 Å². The zero-order valence-electron chi connectivity index (χ0n) is 9.74. The Morgan fingerprint density at radius 3 is 2.94 bits per heavy atom. The third kappa shape index (κ3) is 3.28. The van der Waals surface area contributed by atoms with Crippen LogP contribution in [0.5, 0.6) is 0 Å². The van der Waals surface area contributed by atoms with Crippen molar-refractivity contribution in [1.82, 2.24) is 4.98 Å². The number of nitrogens with zero attached hydrogens (tertiary/aromatic N) is 1. The smallest absolute Gasteiger partial charge is 0.228 e. The van der Waals surface area contributed by atoms with Gasteiger partial charge in [0, 0.05) is 9.49 Å². The molecule has 0 radical (unpaired) electrons. The van der Waals surface area contributed by atoms with E-state index in [9.17, 15) is 4.79 Å². The largest absolute Gasteiger partial charge is 0.310 e. The second-order valence-electron chi connectivity index (χ2n) is 4.23. The summed E-state index contributed by atoms with van der Waals surface area (Å²) in [6.07, 6.45) is 7.00. The lowest BCUT2D eigenvalue weighted by atomic mass is 9.94. The number of hydrogen-bond acceptors (Lipinski definition) is 2. The van der Waals surface area contributed by atoms with Crippen LogP contribution in [-0.4, -0.2) is 10.9 Å². The fraction of sp³-hybridized carbons (Fsp3) is 0.385. The van der Waals surface area contributed by atoms with E-state index in [-0.39, 0.29) is 11.8 Å². The molecule has 0 saturated carbocycles. The summed E-state index contributed by atoms with van der Waals surface area (Å²) in [5, 5.41) is 2.89. The van der Waals surface area contributed by atoms with Crippen LogP contribution in [-0.2, 0) is 4.79 Å². The Labute approximate surface area is 115 Å². The normalized spacial score (nSPS) is 19.1. The van der Waals surface area contributed by atoms with Crippen molar-refractivity contribution in [1.29, 1.82) is 0 Å². The number of anilines is 1. The molecule has 0 aromatic carbocycles. The third-order valence-corrected chi connectivity index (χ3v) is 4.05. The number of allylic oxidation sites excluding steroid dienone is 2. The Morgan fingerprint density at radius 1 is 1.47 bits per heavy atom. The lowest BCUT2D eigenvalue weighted by Crippen LogP contribution is -2.24. The van der Waals surface area contributed by atoms with Crippen molar-refractivity contribution >= 4 is 34.3 Å². The number of amides is 1. The lowest BCUT2D eigenvalue weighted by Gasteiger charge is -2.17. The van der Waals surface area contributed by atoms with Gasteiger partial charge in [0.25, 0.3) is 0 Å². The van der Waals surface area contributed by atoms with E-state index in [2.05, 4.69) is 45.0 Å². The monoisotopic (exact) mass is 342 g/mol. The van der Waals surface area contributed by atoms with E-state index in [1.807, 2.05) is 19.1 Å². The van der Waals surface area contributed by atoms with Crippen LogP contribution in [0.3, 0.4) is 0 Å². The van der Waals surface area contributed by atoms with E-state index >= 15 is 0 Å². The molecule has 0 fully saturated rings. The van der Waals surface area contributed by atoms with Crippen LogP contribution in [0.1, 0.15) is 25.0 Å². The Hall–Kier alpha value is -0.910. The van der Waals surface area contributed by atoms with Gasteiger partial charge in [-0.2, -0.15) is 0 Å². The molecule has 90 valence electrons. The van der Waals surface area contributed by atoms with Crippen LogP contribution in [0.2, 0.25) is 0 Å². The van der Waals surface area contributed by atoms with E-state index in [0.717, 1.165) is 28.5 Å². The highest BCUT2D eigenvalue weighted by Crippen LogP contribution is 2.20. The van der Waals surface area contributed by atoms with E-state index in [4.69, 9.17) is 0 Å². The maximum Gasteiger partial charge on any atom is 0.228 e. The van der Waals surface area contributed by atoms with Gasteiger partial charge in [-0.1, -0.05) is 12.2 Å². The molecular weight excluding hydrogens is 327 g/mol. The molecule has 1 aliphatic rings. The maximum atomic E-state index is 12.0. The molecular formula is C13H15IN2O. The van der Waals surface area contributed by atoms with Crippen molar-refractivity contribution in [2.24, 2.45) is 5.92 Å². The SMILES string of the molecule is Cc1nc(NC(=O)C2CC=CCC2)ccc1I. The van der Waals surface area contributed by atoms with Gasteiger partial charge in [-0.25, -0.2) is 4.98 Å². The maximum absolute atomic E-state index is 12.0. The number of pyridine rings is 1. The molecule has 17 heavy (non-hydrogen) atoms. The topological polar surface area (TPSA) is 42.0 Å². The fourth-order valence-electron chi connectivity index (χ4n) is 1.87. The Balaban J connectivity index is 2.02. The van der Waals surface area contributed by atoms with Crippen LogP contribution in [0.4, 0.5) is 5.82 Å². The van der Waals surface area contributed by atoms with Gasteiger partial charge in [0.15, 0.2) is 0 Å². The highest BCUT2D eigenvalue weighted by molar-refractivity contribution is 14.1. The molecule has 0 saturated heterocycles. The first kappa shape index (κ1) is 12.5. The second kappa shape index (κ2) is 5.62. The van der Waals surface area contributed by atoms with Crippen LogP contribution in [0.25, 0.3) is 0 Å². The van der Waals surface area contributed by atoms with Crippen molar-refractivity contribution in [3.05, 3.63) is 33.5 Å². The van der Waals surface area contributed by atoms with Crippen molar-refractivity contribution in [3.63, 3.8) is 0 Å². The molecule has 1 amide bonds. The first-order valence-electron chi connectivity index (χ1n) is 5.76. The standard InChI is InChI=1S/C13H15IN2O/c1-9-11(14)7-8-12(15-9)16-13(17)10-5-3-2-4-6-10/h2-3,7-8,10H,4-6H2,1H3,(H,15,16,17). The molecule has 1 aromatic heterocycles. The zero-order valence-corrected chi connectivity index (χ0v) is 11.9. The molecule has 0 bridgehead atoms. The predicted octanol–water partition coefficient (Wildman–Crippen LogP) is 3.29. The molecule has 1 atom stereocenters. The van der Waals surface area contributed by atoms with Gasteiger partial charge in [-0.15, -0.1) is 0 Å². The summed E-state index contributed by atoms with van der Waals surface area (Å²) in [7, 11) is 0. The van der Waals surface area contributed by atoms with Gasteiger partial charge in [0.05, 0.1) is 5.69 Å². The van der Waals surface area contributed by atoms with Crippen LogP contribution in [0, 0.1) is 16.4 Å². The van der Waals surface area contributed by atoms with E-state index in [0.29, 0.717) is 5.82 Å². The number of aromatic nitrogens is 1. The van der Waals surface area contributed by atoms with Crippen LogP contribution in [0.15, 0.2) is 24.3 Å². The summed E-state index contributed by atoms with van der Waals surface area (Å²) in [6, 6.07) is 3.82. The highest BCUT2D eigenvalue weighted by Gasteiger charge is 2.18. The Morgan fingerprint density at radius 2 is 2.29 bits per heavy atom. The predicted molar refractivity (Wildman–Crippen MR) is 76.8 cm³/mol. The van der Waals surface area contributed by atoms with E-state index in [1.165, 1.54) is 0 Å². The van der Waals surface area contributed by atoms with Gasteiger partial charge in [-0.3, -0.25) is 4.79 Å². The number of halogens is 1. The van der Waals surface area contributed by atoms with Crippen molar-refractivity contribution in [2.75, 3.05) is 5.32 Å². The van der Waals surface area contributed by atoms with Crippen LogP contribution < -0.4 is 5.32 Å². The van der Waals surface area contributed by atoms with Gasteiger partial charge < -0.3 is 5.32 Å². The third-order valence-electron chi connectivity index (χ3n) is 2.91. The van der Waals surface area contributed by atoms with Gasteiger partial charge in [-0.05, 0) is 60.9 Å². The number of rotatable bonds is 2. The summed E-state index contributed by atoms with van der Waals surface area (Å²) in [5.74, 6) is 0.839. The number of aryl methyl sites for hydroxylation is 1. The summed E-state index contributed by atoms with van der Waals surface area (Å²) >= 11 is 2.23. The minimum Gasteiger partial charge on any atom is -0.310 e. The summed E-state index contributed by atoms with van der Waals surface area (Å²) < 4.78 is 1.11. The summed E-state index contributed by atoms with van der Waals surface area (Å²) in [4.78, 5) is 16.3. The van der Waals surface area contributed by atoms with Crippen molar-refractivity contribution in [3.8, 4) is 0 Å². The van der Waals surface area contributed by atoms with Gasteiger partial charge >= 0.3 is 0 Å². The molecule has 1 heterocycles. The lowest BCUT2D eigenvalue weighted by molar-refractivity contribution is -0.120. The molecule has 1 aliphatic carbocycles. The average molecular weight is 342 g/mol. The Kier molecular flexibility index (Phi) is 4.15. The summed E-state index contributed by atoms with van der Waals surface area (Å²) in [6.45, 7) is 1.95.